The van der Waals surface area contributed by atoms with Crippen LogP contribution in [0.4, 0.5) is 0 Å². The van der Waals surface area contributed by atoms with Gasteiger partial charge in [-0.1, -0.05) is 0 Å². The van der Waals surface area contributed by atoms with Crippen LogP contribution in [0.2, 0.25) is 0 Å². The molecule has 0 bridgehead atoms. The van der Waals surface area contributed by atoms with Crippen LogP contribution in [0.3, 0.4) is 0 Å². The fourth-order valence-electron chi connectivity index (χ4n) is 3.91. The summed E-state index contributed by atoms with van der Waals surface area (Å²) in [6, 6.07) is 6.23. The fraction of sp³-hybridized carbons (Fsp3) is 0.632. The number of methoxy groups -OCH3 is 1. The first-order valence-corrected chi connectivity index (χ1v) is 13.3. The van der Waals surface area contributed by atoms with Gasteiger partial charge >= 0.3 is 0 Å². The van der Waals surface area contributed by atoms with Gasteiger partial charge in [0.15, 0.2) is 0 Å². The number of sulfonamides is 2. The number of nitrogens with one attached hydrogen (secondary N) is 1. The number of benzene rings is 1. The van der Waals surface area contributed by atoms with Crippen LogP contribution in [-0.4, -0.2) is 76.9 Å². The smallest absolute Gasteiger partial charge is 0.243 e. The van der Waals surface area contributed by atoms with Crippen molar-refractivity contribution in [2.45, 2.75) is 36.6 Å². The van der Waals surface area contributed by atoms with Crippen molar-refractivity contribution in [3.8, 4) is 5.75 Å². The SMILES string of the molecule is COc1ccc(S(=O)(=O)N2CCC(NC(=O)C3CCN(S(C)(=O)=O)CC3)CC2)cc1. The number of nitrogens with zero attached hydrogens (tertiary/aromatic N) is 2. The molecule has 1 aromatic rings. The van der Waals surface area contributed by atoms with E-state index in [1.807, 2.05) is 0 Å². The zero-order valence-corrected chi connectivity index (χ0v) is 18.9. The molecule has 0 atom stereocenters. The van der Waals surface area contributed by atoms with E-state index < -0.39 is 20.0 Å². The normalized spacial score (nSPS) is 20.7. The summed E-state index contributed by atoms with van der Waals surface area (Å²) in [5, 5.41) is 3.02. The third kappa shape index (κ3) is 5.32. The maximum atomic E-state index is 12.8. The molecule has 2 fully saturated rings. The number of rotatable bonds is 6. The summed E-state index contributed by atoms with van der Waals surface area (Å²) in [4.78, 5) is 12.8. The first kappa shape index (κ1) is 23.0. The molecule has 2 aliphatic rings. The minimum absolute atomic E-state index is 0.0698. The van der Waals surface area contributed by atoms with Crippen LogP contribution >= 0.6 is 0 Å². The van der Waals surface area contributed by atoms with Crippen molar-refractivity contribution in [3.05, 3.63) is 24.3 Å². The van der Waals surface area contributed by atoms with E-state index in [1.54, 1.807) is 12.1 Å². The zero-order chi connectivity index (χ0) is 21.9. The van der Waals surface area contributed by atoms with Gasteiger partial charge in [0, 0.05) is 38.1 Å². The molecule has 2 aliphatic heterocycles. The Morgan fingerprint density at radius 3 is 1.97 bits per heavy atom. The third-order valence-corrected chi connectivity index (χ3v) is 9.01. The number of piperidine rings is 2. The molecule has 0 aromatic heterocycles. The number of amides is 1. The number of carbonyl (C=O) groups excluding carboxylic acids is 1. The van der Waals surface area contributed by atoms with E-state index in [1.165, 1.54) is 34.1 Å². The molecule has 1 amide bonds. The van der Waals surface area contributed by atoms with E-state index in [9.17, 15) is 21.6 Å². The molecular formula is C19H29N3O6S2. The average Bonchev–Trinajstić information content (AvgIpc) is 2.73. The Morgan fingerprint density at radius 1 is 0.933 bits per heavy atom. The Balaban J connectivity index is 1.50. The minimum Gasteiger partial charge on any atom is -0.497 e. The van der Waals surface area contributed by atoms with Gasteiger partial charge in [0.1, 0.15) is 5.75 Å². The summed E-state index contributed by atoms with van der Waals surface area (Å²) >= 11 is 0. The second kappa shape index (κ2) is 9.21. The van der Waals surface area contributed by atoms with E-state index in [0.717, 1.165) is 0 Å². The molecule has 0 spiro atoms. The van der Waals surface area contributed by atoms with E-state index in [-0.39, 0.29) is 22.8 Å². The number of hydrogen-bond acceptors (Lipinski definition) is 6. The number of hydrogen-bond donors (Lipinski definition) is 1. The molecule has 1 N–H and O–H groups in total. The molecule has 2 heterocycles. The van der Waals surface area contributed by atoms with Crippen LogP contribution in [0.25, 0.3) is 0 Å². The van der Waals surface area contributed by atoms with E-state index >= 15 is 0 Å². The summed E-state index contributed by atoms with van der Waals surface area (Å²) in [6.45, 7) is 1.39. The van der Waals surface area contributed by atoms with Crippen molar-refractivity contribution in [2.24, 2.45) is 5.92 Å². The Morgan fingerprint density at radius 2 is 1.47 bits per heavy atom. The second-order valence-electron chi connectivity index (χ2n) is 7.80. The average molecular weight is 460 g/mol. The highest BCUT2D eigenvalue weighted by Crippen LogP contribution is 2.24. The van der Waals surface area contributed by atoms with Crippen LogP contribution < -0.4 is 10.1 Å². The van der Waals surface area contributed by atoms with Gasteiger partial charge in [0.25, 0.3) is 0 Å². The highest BCUT2D eigenvalue weighted by molar-refractivity contribution is 7.89. The maximum Gasteiger partial charge on any atom is 0.243 e. The van der Waals surface area contributed by atoms with Gasteiger partial charge < -0.3 is 10.1 Å². The molecule has 0 saturated carbocycles. The molecular weight excluding hydrogens is 430 g/mol. The lowest BCUT2D eigenvalue weighted by atomic mass is 9.96. The molecule has 0 radical (unpaired) electrons. The largest absolute Gasteiger partial charge is 0.497 e. The van der Waals surface area contributed by atoms with Crippen molar-refractivity contribution >= 4 is 26.0 Å². The molecule has 2 saturated heterocycles. The quantitative estimate of drug-likeness (QED) is 0.668. The predicted octanol–water partition coefficient (Wildman–Crippen LogP) is 0.636. The van der Waals surface area contributed by atoms with Gasteiger partial charge in [-0.2, -0.15) is 4.31 Å². The van der Waals surface area contributed by atoms with Gasteiger partial charge in [-0.05, 0) is 49.9 Å². The van der Waals surface area contributed by atoms with Gasteiger partial charge in [0.2, 0.25) is 26.0 Å². The van der Waals surface area contributed by atoms with Crippen molar-refractivity contribution in [3.63, 3.8) is 0 Å². The molecule has 0 unspecified atom stereocenters. The summed E-state index contributed by atoms with van der Waals surface area (Å²) in [5.41, 5.74) is 0. The number of carbonyl (C=O) groups is 1. The minimum atomic E-state index is -3.58. The van der Waals surface area contributed by atoms with Crippen LogP contribution in [0.5, 0.6) is 5.75 Å². The zero-order valence-electron chi connectivity index (χ0n) is 17.3. The topological polar surface area (TPSA) is 113 Å². The highest BCUT2D eigenvalue weighted by atomic mass is 32.2. The van der Waals surface area contributed by atoms with E-state index in [0.29, 0.717) is 57.6 Å². The molecule has 3 rings (SSSR count). The van der Waals surface area contributed by atoms with Gasteiger partial charge in [-0.15, -0.1) is 0 Å². The molecule has 9 nitrogen and oxygen atoms in total. The Labute approximate surface area is 178 Å². The Hall–Kier alpha value is -1.69. The summed E-state index contributed by atoms with van der Waals surface area (Å²) in [6.07, 6.45) is 3.28. The molecule has 168 valence electrons. The van der Waals surface area contributed by atoms with Gasteiger partial charge in [0.05, 0.1) is 18.3 Å². The third-order valence-electron chi connectivity index (χ3n) is 5.79. The molecule has 11 heteroatoms. The Kier molecular flexibility index (Phi) is 7.05. The first-order chi connectivity index (χ1) is 14.1. The monoisotopic (exact) mass is 459 g/mol. The van der Waals surface area contributed by atoms with Crippen LogP contribution in [0.1, 0.15) is 25.7 Å². The standard InChI is InChI=1S/C19H29N3O6S2/c1-28-17-3-5-18(6-4-17)30(26,27)22-13-9-16(10-14-22)20-19(23)15-7-11-21(12-8-15)29(2,24)25/h3-6,15-16H,7-14H2,1-2H3,(H,20,23). The molecule has 1 aromatic carbocycles. The van der Waals surface area contributed by atoms with Crippen molar-refractivity contribution < 1.29 is 26.4 Å². The first-order valence-electron chi connectivity index (χ1n) is 10.0. The lowest BCUT2D eigenvalue weighted by Gasteiger charge is -2.34. The van der Waals surface area contributed by atoms with Crippen LogP contribution in [-0.2, 0) is 24.8 Å². The summed E-state index contributed by atoms with van der Waals surface area (Å²) in [7, 11) is -5.27. The Bertz CT molecular complexity index is 946. The highest BCUT2D eigenvalue weighted by Gasteiger charge is 2.33. The van der Waals surface area contributed by atoms with Crippen molar-refractivity contribution in [1.29, 1.82) is 0 Å². The van der Waals surface area contributed by atoms with Crippen molar-refractivity contribution in [2.75, 3.05) is 39.5 Å². The van der Waals surface area contributed by atoms with E-state index in [2.05, 4.69) is 5.32 Å². The van der Waals surface area contributed by atoms with Crippen LogP contribution in [0.15, 0.2) is 29.2 Å². The molecule has 0 aliphatic carbocycles. The van der Waals surface area contributed by atoms with Gasteiger partial charge in [-0.3, -0.25) is 4.79 Å². The lowest BCUT2D eigenvalue weighted by Crippen LogP contribution is -2.49. The van der Waals surface area contributed by atoms with E-state index in [4.69, 9.17) is 4.74 Å². The second-order valence-corrected chi connectivity index (χ2v) is 11.7. The van der Waals surface area contributed by atoms with Crippen molar-refractivity contribution in [1.82, 2.24) is 13.9 Å². The fourth-order valence-corrected chi connectivity index (χ4v) is 6.25. The number of ether oxygens (including phenoxy) is 1. The van der Waals surface area contributed by atoms with Crippen LogP contribution in [0, 0.1) is 5.92 Å². The molecule has 30 heavy (non-hydrogen) atoms. The predicted molar refractivity (Wildman–Crippen MR) is 112 cm³/mol. The maximum absolute atomic E-state index is 12.8. The summed E-state index contributed by atoms with van der Waals surface area (Å²) in [5.74, 6) is 0.321. The van der Waals surface area contributed by atoms with Gasteiger partial charge in [-0.25, -0.2) is 21.1 Å². The lowest BCUT2D eigenvalue weighted by molar-refractivity contribution is -0.127. The summed E-state index contributed by atoms with van der Waals surface area (Å²) < 4.78 is 56.7.